The summed E-state index contributed by atoms with van der Waals surface area (Å²) in [5.41, 5.74) is 5.50. The molecule has 0 aliphatic carbocycles. The fraction of sp³-hybridized carbons (Fsp3) is 0.308. The lowest BCUT2D eigenvalue weighted by Gasteiger charge is -2.06. The van der Waals surface area contributed by atoms with Crippen LogP contribution in [0, 0.1) is 13.8 Å². The van der Waals surface area contributed by atoms with Crippen LogP contribution < -0.4 is 0 Å². The second-order valence-corrected chi connectivity index (χ2v) is 4.09. The van der Waals surface area contributed by atoms with Gasteiger partial charge in [0.05, 0.1) is 18.5 Å². The first-order valence-electron chi connectivity index (χ1n) is 5.33. The average molecular weight is 216 g/mol. The van der Waals surface area contributed by atoms with Crippen molar-refractivity contribution < 1.29 is 5.11 Å². The van der Waals surface area contributed by atoms with Crippen LogP contribution in [0.25, 0.3) is 11.1 Å². The minimum atomic E-state index is 0.0127. The van der Waals surface area contributed by atoms with Crippen molar-refractivity contribution in [3.63, 3.8) is 0 Å². The molecule has 0 aliphatic heterocycles. The molecule has 16 heavy (non-hydrogen) atoms. The zero-order valence-corrected chi connectivity index (χ0v) is 9.86. The molecule has 0 bridgehead atoms. The molecule has 1 aromatic carbocycles. The Hall–Kier alpha value is -1.61. The Bertz CT molecular complexity index is 515. The normalized spacial score (nSPS) is 10.8. The Morgan fingerprint density at radius 3 is 2.62 bits per heavy atom. The summed E-state index contributed by atoms with van der Waals surface area (Å²) in [5, 5.41) is 13.5. The molecule has 0 amide bonds. The highest BCUT2D eigenvalue weighted by molar-refractivity contribution is 5.66. The third kappa shape index (κ3) is 1.74. The maximum absolute atomic E-state index is 9.31. The van der Waals surface area contributed by atoms with Gasteiger partial charge in [-0.05, 0) is 30.5 Å². The molecule has 0 atom stereocenters. The molecular formula is C13H16N2O. The monoisotopic (exact) mass is 216 g/mol. The molecular weight excluding hydrogens is 200 g/mol. The largest absolute Gasteiger partial charge is 0.390 e. The molecule has 1 heterocycles. The Morgan fingerprint density at radius 1 is 1.25 bits per heavy atom. The Morgan fingerprint density at radius 2 is 2.00 bits per heavy atom. The zero-order chi connectivity index (χ0) is 11.7. The van der Waals surface area contributed by atoms with E-state index in [9.17, 15) is 5.11 Å². The van der Waals surface area contributed by atoms with Crippen molar-refractivity contribution in [2.45, 2.75) is 20.5 Å². The predicted octanol–water partition coefficient (Wildman–Crippen LogP) is 2.20. The number of aromatic nitrogens is 2. The highest BCUT2D eigenvalue weighted by Gasteiger charge is 2.09. The molecule has 2 rings (SSSR count). The minimum absolute atomic E-state index is 0.0127. The summed E-state index contributed by atoms with van der Waals surface area (Å²) in [4.78, 5) is 0. The Kier molecular flexibility index (Phi) is 2.79. The van der Waals surface area contributed by atoms with Crippen molar-refractivity contribution in [1.82, 2.24) is 9.78 Å². The fourth-order valence-electron chi connectivity index (χ4n) is 1.80. The summed E-state index contributed by atoms with van der Waals surface area (Å²) in [6.07, 6.45) is 1.80. The predicted molar refractivity (Wildman–Crippen MR) is 64.0 cm³/mol. The van der Waals surface area contributed by atoms with E-state index >= 15 is 0 Å². The third-order valence-electron chi connectivity index (χ3n) is 3.03. The number of benzene rings is 1. The van der Waals surface area contributed by atoms with E-state index in [-0.39, 0.29) is 6.61 Å². The van der Waals surface area contributed by atoms with Crippen LogP contribution in [-0.2, 0) is 13.7 Å². The SMILES string of the molecule is Cc1ccc(-c2cnn(C)c2CO)cc1C. The van der Waals surface area contributed by atoms with Crippen LogP contribution in [0.5, 0.6) is 0 Å². The van der Waals surface area contributed by atoms with Gasteiger partial charge in [-0.1, -0.05) is 18.2 Å². The van der Waals surface area contributed by atoms with Gasteiger partial charge in [0.1, 0.15) is 0 Å². The summed E-state index contributed by atoms with van der Waals surface area (Å²) >= 11 is 0. The summed E-state index contributed by atoms with van der Waals surface area (Å²) in [6.45, 7) is 4.20. The first-order valence-corrected chi connectivity index (χ1v) is 5.33. The molecule has 2 aromatic rings. The van der Waals surface area contributed by atoms with E-state index in [1.54, 1.807) is 10.9 Å². The fourth-order valence-corrected chi connectivity index (χ4v) is 1.80. The van der Waals surface area contributed by atoms with Crippen LogP contribution in [0.15, 0.2) is 24.4 Å². The Labute approximate surface area is 95.3 Å². The number of aryl methyl sites for hydroxylation is 3. The van der Waals surface area contributed by atoms with E-state index < -0.39 is 0 Å². The number of aliphatic hydroxyl groups is 1. The average Bonchev–Trinajstić information content (AvgIpc) is 2.63. The lowest BCUT2D eigenvalue weighted by atomic mass is 10.0. The van der Waals surface area contributed by atoms with Crippen molar-refractivity contribution in [3.05, 3.63) is 41.2 Å². The van der Waals surface area contributed by atoms with Gasteiger partial charge >= 0.3 is 0 Å². The van der Waals surface area contributed by atoms with Crippen molar-refractivity contribution in [2.24, 2.45) is 7.05 Å². The van der Waals surface area contributed by atoms with Gasteiger partial charge in [0, 0.05) is 12.6 Å². The molecule has 3 heteroatoms. The second-order valence-electron chi connectivity index (χ2n) is 4.09. The zero-order valence-electron chi connectivity index (χ0n) is 9.86. The van der Waals surface area contributed by atoms with Gasteiger partial charge in [0.25, 0.3) is 0 Å². The molecule has 0 unspecified atom stereocenters. The molecule has 1 N–H and O–H groups in total. The number of hydrogen-bond acceptors (Lipinski definition) is 2. The standard InChI is InChI=1S/C13H16N2O/c1-9-4-5-11(6-10(9)2)12-7-14-15(3)13(12)8-16/h4-7,16H,8H2,1-3H3. The molecule has 0 saturated heterocycles. The summed E-state index contributed by atoms with van der Waals surface area (Å²) in [5.74, 6) is 0. The first-order chi connectivity index (χ1) is 7.63. The van der Waals surface area contributed by atoms with Crippen LogP contribution in [0.1, 0.15) is 16.8 Å². The molecule has 0 aliphatic rings. The highest BCUT2D eigenvalue weighted by atomic mass is 16.3. The van der Waals surface area contributed by atoms with Gasteiger partial charge in [-0.25, -0.2) is 0 Å². The van der Waals surface area contributed by atoms with E-state index in [0.29, 0.717) is 0 Å². The maximum Gasteiger partial charge on any atom is 0.0856 e. The number of aliphatic hydroxyl groups excluding tert-OH is 1. The maximum atomic E-state index is 9.31. The molecule has 0 spiro atoms. The van der Waals surface area contributed by atoms with Crippen LogP contribution in [0.3, 0.4) is 0 Å². The van der Waals surface area contributed by atoms with Gasteiger partial charge in [-0.2, -0.15) is 5.10 Å². The number of rotatable bonds is 2. The van der Waals surface area contributed by atoms with Gasteiger partial charge in [0.15, 0.2) is 0 Å². The van der Waals surface area contributed by atoms with Crippen molar-refractivity contribution in [1.29, 1.82) is 0 Å². The molecule has 0 fully saturated rings. The summed E-state index contributed by atoms with van der Waals surface area (Å²) < 4.78 is 1.71. The molecule has 3 nitrogen and oxygen atoms in total. The number of nitrogens with zero attached hydrogens (tertiary/aromatic N) is 2. The third-order valence-corrected chi connectivity index (χ3v) is 3.03. The smallest absolute Gasteiger partial charge is 0.0856 e. The summed E-state index contributed by atoms with van der Waals surface area (Å²) in [7, 11) is 1.84. The lowest BCUT2D eigenvalue weighted by molar-refractivity contribution is 0.271. The molecule has 0 radical (unpaired) electrons. The van der Waals surface area contributed by atoms with Gasteiger partial charge in [0.2, 0.25) is 0 Å². The van der Waals surface area contributed by atoms with Gasteiger partial charge in [-0.3, -0.25) is 4.68 Å². The van der Waals surface area contributed by atoms with Crippen LogP contribution in [-0.4, -0.2) is 14.9 Å². The van der Waals surface area contributed by atoms with Crippen LogP contribution in [0.2, 0.25) is 0 Å². The highest BCUT2D eigenvalue weighted by Crippen LogP contribution is 2.25. The topological polar surface area (TPSA) is 38.0 Å². The Balaban J connectivity index is 2.54. The lowest BCUT2D eigenvalue weighted by Crippen LogP contribution is -1.98. The molecule has 0 saturated carbocycles. The van der Waals surface area contributed by atoms with Crippen molar-refractivity contribution in [3.8, 4) is 11.1 Å². The minimum Gasteiger partial charge on any atom is -0.390 e. The van der Waals surface area contributed by atoms with E-state index in [1.165, 1.54) is 11.1 Å². The van der Waals surface area contributed by atoms with E-state index in [4.69, 9.17) is 0 Å². The van der Waals surface area contributed by atoms with Gasteiger partial charge in [-0.15, -0.1) is 0 Å². The van der Waals surface area contributed by atoms with E-state index in [2.05, 4.69) is 37.1 Å². The van der Waals surface area contributed by atoms with Crippen LogP contribution in [0.4, 0.5) is 0 Å². The van der Waals surface area contributed by atoms with Gasteiger partial charge < -0.3 is 5.11 Å². The second kappa shape index (κ2) is 4.10. The number of hydrogen-bond donors (Lipinski definition) is 1. The van der Waals surface area contributed by atoms with Crippen molar-refractivity contribution in [2.75, 3.05) is 0 Å². The molecule has 1 aromatic heterocycles. The van der Waals surface area contributed by atoms with E-state index in [1.807, 2.05) is 7.05 Å². The quantitative estimate of drug-likeness (QED) is 0.835. The van der Waals surface area contributed by atoms with E-state index in [0.717, 1.165) is 16.8 Å². The summed E-state index contributed by atoms with van der Waals surface area (Å²) in [6, 6.07) is 6.29. The van der Waals surface area contributed by atoms with Crippen molar-refractivity contribution >= 4 is 0 Å². The van der Waals surface area contributed by atoms with Crippen LogP contribution >= 0.6 is 0 Å². The first kappa shape index (κ1) is 10.9. The molecule has 84 valence electrons.